The Hall–Kier alpha value is -2.57. The van der Waals surface area contributed by atoms with Crippen molar-refractivity contribution in [2.75, 3.05) is 0 Å². The van der Waals surface area contributed by atoms with Crippen LogP contribution in [0.25, 0.3) is 6.08 Å². The van der Waals surface area contributed by atoms with Crippen LogP contribution in [-0.4, -0.2) is 5.91 Å². The fourth-order valence-corrected chi connectivity index (χ4v) is 2.63. The topological polar surface area (TPSA) is 52.9 Å². The van der Waals surface area contributed by atoms with Gasteiger partial charge in [0.1, 0.15) is 11.6 Å². The summed E-state index contributed by atoms with van der Waals surface area (Å²) >= 11 is 6.09. The van der Waals surface area contributed by atoms with Crippen LogP contribution in [0.4, 0.5) is 0 Å². The molecule has 24 heavy (non-hydrogen) atoms. The van der Waals surface area contributed by atoms with Crippen LogP contribution in [0.5, 0.6) is 0 Å². The maximum Gasteiger partial charge on any atom is 0.262 e. The molecule has 2 aromatic rings. The maximum absolute atomic E-state index is 12.4. The second kappa shape index (κ2) is 7.81. The van der Waals surface area contributed by atoms with Crippen molar-refractivity contribution in [3.8, 4) is 6.07 Å². The second-order valence-electron chi connectivity index (χ2n) is 5.73. The van der Waals surface area contributed by atoms with E-state index in [1.165, 1.54) is 0 Å². The van der Waals surface area contributed by atoms with Crippen LogP contribution in [0, 0.1) is 25.2 Å². The number of hydrogen-bond acceptors (Lipinski definition) is 2. The Labute approximate surface area is 147 Å². The predicted molar refractivity (Wildman–Crippen MR) is 97.5 cm³/mol. The summed E-state index contributed by atoms with van der Waals surface area (Å²) in [5.41, 5.74) is 3.85. The molecule has 0 aliphatic carbocycles. The Morgan fingerprint density at radius 1 is 1.21 bits per heavy atom. The highest BCUT2D eigenvalue weighted by Crippen LogP contribution is 2.20. The van der Waals surface area contributed by atoms with Gasteiger partial charge in [-0.25, -0.2) is 0 Å². The molecule has 4 heteroatoms. The summed E-state index contributed by atoms with van der Waals surface area (Å²) in [6.45, 7) is 5.79. The average Bonchev–Trinajstić information content (AvgIpc) is 2.56. The van der Waals surface area contributed by atoms with Crippen LogP contribution < -0.4 is 5.32 Å². The summed E-state index contributed by atoms with van der Waals surface area (Å²) in [6.07, 6.45) is 1.55. The molecule has 0 heterocycles. The monoisotopic (exact) mass is 338 g/mol. The lowest BCUT2D eigenvalue weighted by Gasteiger charge is -2.16. The van der Waals surface area contributed by atoms with Gasteiger partial charge in [-0.15, -0.1) is 0 Å². The Bertz CT molecular complexity index is 834. The molecule has 0 spiro atoms. The van der Waals surface area contributed by atoms with Gasteiger partial charge in [0.05, 0.1) is 6.04 Å². The molecular formula is C20H19ClN2O. The van der Waals surface area contributed by atoms with Gasteiger partial charge in [-0.2, -0.15) is 5.26 Å². The molecule has 2 rings (SSSR count). The van der Waals surface area contributed by atoms with E-state index in [1.807, 2.05) is 63.2 Å². The van der Waals surface area contributed by atoms with E-state index >= 15 is 0 Å². The van der Waals surface area contributed by atoms with Gasteiger partial charge < -0.3 is 5.32 Å². The summed E-state index contributed by atoms with van der Waals surface area (Å²) in [7, 11) is 0. The molecule has 0 saturated carbocycles. The molecule has 0 bridgehead atoms. The Morgan fingerprint density at radius 3 is 2.54 bits per heavy atom. The van der Waals surface area contributed by atoms with E-state index in [9.17, 15) is 10.1 Å². The second-order valence-corrected chi connectivity index (χ2v) is 6.14. The first-order chi connectivity index (χ1) is 11.4. The summed E-state index contributed by atoms with van der Waals surface area (Å²) < 4.78 is 0. The number of nitriles is 1. The molecule has 2 aromatic carbocycles. The van der Waals surface area contributed by atoms with Crippen LogP contribution in [0.1, 0.15) is 35.2 Å². The lowest BCUT2D eigenvalue weighted by molar-refractivity contribution is -0.117. The van der Waals surface area contributed by atoms with Crippen molar-refractivity contribution in [1.82, 2.24) is 5.32 Å². The van der Waals surface area contributed by atoms with Crippen molar-refractivity contribution >= 4 is 23.6 Å². The maximum atomic E-state index is 12.4. The Morgan fingerprint density at radius 2 is 1.92 bits per heavy atom. The molecule has 0 aliphatic rings. The lowest BCUT2D eigenvalue weighted by Crippen LogP contribution is -2.28. The van der Waals surface area contributed by atoms with Gasteiger partial charge in [-0.3, -0.25) is 4.79 Å². The van der Waals surface area contributed by atoms with Crippen molar-refractivity contribution in [3.05, 3.63) is 75.3 Å². The highest BCUT2D eigenvalue weighted by molar-refractivity contribution is 6.31. The molecule has 1 N–H and O–H groups in total. The zero-order valence-electron chi connectivity index (χ0n) is 13.9. The minimum Gasteiger partial charge on any atom is -0.345 e. The van der Waals surface area contributed by atoms with E-state index in [-0.39, 0.29) is 11.6 Å². The summed E-state index contributed by atoms with van der Waals surface area (Å²) in [6, 6.07) is 15.1. The van der Waals surface area contributed by atoms with Gasteiger partial charge in [0.15, 0.2) is 0 Å². The zero-order valence-corrected chi connectivity index (χ0v) is 14.7. The van der Waals surface area contributed by atoms with Crippen molar-refractivity contribution in [3.63, 3.8) is 0 Å². The molecule has 3 nitrogen and oxygen atoms in total. The first-order valence-corrected chi connectivity index (χ1v) is 8.04. The number of amides is 1. The third-order valence-corrected chi connectivity index (χ3v) is 4.28. The van der Waals surface area contributed by atoms with Gasteiger partial charge in [-0.05, 0) is 55.2 Å². The lowest BCUT2D eigenvalue weighted by atomic mass is 10.0. The van der Waals surface area contributed by atoms with Gasteiger partial charge >= 0.3 is 0 Å². The van der Waals surface area contributed by atoms with Gasteiger partial charge in [0, 0.05) is 5.02 Å². The molecule has 0 aliphatic heterocycles. The van der Waals surface area contributed by atoms with Crippen molar-refractivity contribution in [2.24, 2.45) is 0 Å². The van der Waals surface area contributed by atoms with E-state index in [4.69, 9.17) is 11.6 Å². The van der Waals surface area contributed by atoms with Crippen LogP contribution in [0.2, 0.25) is 5.02 Å². The van der Waals surface area contributed by atoms with Gasteiger partial charge in [-0.1, -0.05) is 48.0 Å². The minimum atomic E-state index is -0.398. The van der Waals surface area contributed by atoms with Crippen molar-refractivity contribution in [2.45, 2.75) is 26.8 Å². The number of nitrogens with one attached hydrogen (secondary N) is 1. The molecule has 1 amide bonds. The van der Waals surface area contributed by atoms with E-state index < -0.39 is 5.91 Å². The van der Waals surface area contributed by atoms with Gasteiger partial charge in [0.25, 0.3) is 5.91 Å². The number of hydrogen-bond donors (Lipinski definition) is 1. The van der Waals surface area contributed by atoms with E-state index in [2.05, 4.69) is 5.32 Å². The standard InChI is InChI=1S/C20H19ClN2O/c1-13-6-4-5-7-18(13)15(3)23-20(24)17(12-22)10-16-9-8-14(2)19(21)11-16/h4-11,15H,1-3H3,(H,23,24)/b17-10+/t15-/m0/s1. The molecular weight excluding hydrogens is 320 g/mol. The number of rotatable bonds is 4. The number of benzene rings is 2. The predicted octanol–water partition coefficient (Wildman–Crippen LogP) is 4.74. The third-order valence-electron chi connectivity index (χ3n) is 3.87. The van der Waals surface area contributed by atoms with E-state index in [0.29, 0.717) is 5.02 Å². The Balaban J connectivity index is 2.20. The SMILES string of the molecule is Cc1ccc(/C=C(\C#N)C(=O)N[C@@H](C)c2ccccc2C)cc1Cl. The highest BCUT2D eigenvalue weighted by Gasteiger charge is 2.15. The fourth-order valence-electron chi connectivity index (χ4n) is 2.44. The van der Waals surface area contributed by atoms with Crippen LogP contribution in [0.15, 0.2) is 48.0 Å². The molecule has 0 radical (unpaired) electrons. The fraction of sp³-hybridized carbons (Fsp3) is 0.200. The first kappa shape index (κ1) is 17.8. The molecule has 0 unspecified atom stereocenters. The Kier molecular flexibility index (Phi) is 5.78. The average molecular weight is 339 g/mol. The summed E-state index contributed by atoms with van der Waals surface area (Å²) in [5, 5.41) is 12.8. The van der Waals surface area contributed by atoms with Gasteiger partial charge in [0.2, 0.25) is 0 Å². The molecule has 0 aromatic heterocycles. The van der Waals surface area contributed by atoms with Crippen LogP contribution in [0.3, 0.4) is 0 Å². The van der Waals surface area contributed by atoms with Crippen molar-refractivity contribution < 1.29 is 4.79 Å². The quantitative estimate of drug-likeness (QED) is 0.646. The van der Waals surface area contributed by atoms with E-state index in [0.717, 1.165) is 22.3 Å². The summed E-state index contributed by atoms with van der Waals surface area (Å²) in [5.74, 6) is -0.398. The highest BCUT2D eigenvalue weighted by atomic mass is 35.5. The van der Waals surface area contributed by atoms with Crippen LogP contribution in [-0.2, 0) is 4.79 Å². The number of halogens is 1. The number of nitrogens with zero attached hydrogens (tertiary/aromatic N) is 1. The van der Waals surface area contributed by atoms with E-state index in [1.54, 1.807) is 12.1 Å². The number of aryl methyl sites for hydroxylation is 2. The number of carbonyl (C=O) groups excluding carboxylic acids is 1. The smallest absolute Gasteiger partial charge is 0.262 e. The minimum absolute atomic E-state index is 0.0513. The van der Waals surface area contributed by atoms with Crippen molar-refractivity contribution in [1.29, 1.82) is 5.26 Å². The zero-order chi connectivity index (χ0) is 17.7. The molecule has 0 fully saturated rings. The van der Waals surface area contributed by atoms with Crippen LogP contribution >= 0.6 is 11.6 Å². The first-order valence-electron chi connectivity index (χ1n) is 7.66. The number of carbonyl (C=O) groups is 1. The normalized spacial score (nSPS) is 12.4. The molecule has 122 valence electrons. The summed E-state index contributed by atoms with van der Waals surface area (Å²) in [4.78, 5) is 12.4. The molecule has 0 saturated heterocycles. The largest absolute Gasteiger partial charge is 0.345 e. The third kappa shape index (κ3) is 4.24. The molecule has 1 atom stereocenters.